The second-order valence-corrected chi connectivity index (χ2v) is 3.82. The van der Waals surface area contributed by atoms with E-state index in [-0.39, 0.29) is 0 Å². The molecule has 2 aromatic carbocycles. The van der Waals surface area contributed by atoms with Gasteiger partial charge in [-0.05, 0) is 17.7 Å². The Kier molecular flexibility index (Phi) is 2.50. The van der Waals surface area contributed by atoms with Crippen LogP contribution in [0.4, 0.5) is 0 Å². The number of benzene rings is 2. The second-order valence-electron chi connectivity index (χ2n) is 3.82. The molecule has 3 heteroatoms. The Morgan fingerprint density at radius 2 is 2.00 bits per heavy atom. The summed E-state index contributed by atoms with van der Waals surface area (Å²) in [5.74, 6) is 0.832. The minimum absolute atomic E-state index is 0.574. The third-order valence-corrected chi connectivity index (χ3v) is 2.59. The van der Waals surface area contributed by atoms with Crippen LogP contribution in [0.2, 0.25) is 0 Å². The zero-order valence-electron chi connectivity index (χ0n) is 9.18. The van der Waals surface area contributed by atoms with Gasteiger partial charge in [0.25, 0.3) is 0 Å². The first-order valence-electron chi connectivity index (χ1n) is 5.44. The number of ether oxygens (including phenoxy) is 1. The predicted octanol–water partition coefficient (Wildman–Crippen LogP) is 2.94. The van der Waals surface area contributed by atoms with Gasteiger partial charge in [0.05, 0.1) is 5.52 Å². The molecule has 0 unspecified atom stereocenters. The van der Waals surface area contributed by atoms with Crippen molar-refractivity contribution in [2.75, 3.05) is 0 Å². The van der Waals surface area contributed by atoms with Gasteiger partial charge >= 0.3 is 0 Å². The highest BCUT2D eigenvalue weighted by Gasteiger charge is 1.99. The molecule has 0 aliphatic heterocycles. The van der Waals surface area contributed by atoms with Crippen LogP contribution in [-0.4, -0.2) is 10.2 Å². The topological polar surface area (TPSA) is 37.9 Å². The van der Waals surface area contributed by atoms with Gasteiger partial charge in [-0.15, -0.1) is 0 Å². The Morgan fingerprint density at radius 1 is 1.12 bits per heavy atom. The molecule has 0 aliphatic carbocycles. The molecule has 1 heterocycles. The molecule has 0 spiro atoms. The predicted molar refractivity (Wildman–Crippen MR) is 65.7 cm³/mol. The number of hydrogen-bond donors (Lipinski definition) is 1. The molecule has 0 saturated heterocycles. The molecule has 83 valence electrons. The van der Waals surface area contributed by atoms with Crippen LogP contribution in [0.15, 0.2) is 48.5 Å². The molecular weight excluding hydrogens is 212 g/mol. The van der Waals surface area contributed by atoms with Crippen LogP contribution < -0.4 is 4.74 Å². The first-order chi connectivity index (χ1) is 8.42. The Hall–Kier alpha value is -2.29. The minimum atomic E-state index is 0.574. The fraction of sp³-hybridized carbons (Fsp3) is 0.0714. The van der Waals surface area contributed by atoms with E-state index in [1.165, 1.54) is 0 Å². The average molecular weight is 223 g/mol. The average Bonchev–Trinajstić information content (AvgIpc) is 2.85. The van der Waals surface area contributed by atoms with E-state index in [0.717, 1.165) is 22.2 Å². The van der Waals surface area contributed by atoms with Crippen LogP contribution in [0.1, 0.15) is 5.56 Å². The van der Waals surface area contributed by atoms with E-state index in [4.69, 9.17) is 4.74 Å². The maximum absolute atomic E-state index is 5.71. The highest BCUT2D eigenvalue weighted by Crippen LogP contribution is 2.19. The molecule has 3 rings (SSSR count). The number of aromatic nitrogens is 2. The van der Waals surface area contributed by atoms with Gasteiger partial charge in [-0.25, -0.2) is 0 Å². The van der Waals surface area contributed by atoms with Crippen LogP contribution in [0.3, 0.4) is 0 Å². The fourth-order valence-corrected chi connectivity index (χ4v) is 1.69. The summed E-state index contributed by atoms with van der Waals surface area (Å²) in [6.07, 6.45) is 2.86. The number of aromatic amines is 1. The number of hydrogen-bond acceptors (Lipinski definition) is 2. The van der Waals surface area contributed by atoms with Crippen molar-refractivity contribution in [2.45, 2.75) is 6.61 Å². The maximum atomic E-state index is 5.71. The van der Waals surface area contributed by atoms with E-state index >= 15 is 0 Å². The van der Waals surface area contributed by atoms with E-state index in [1.807, 2.05) is 48.5 Å². The van der Waals surface area contributed by atoms with Crippen molar-refractivity contribution < 1.29 is 4.74 Å². The summed E-state index contributed by atoms with van der Waals surface area (Å²) in [4.78, 5) is 0. The van der Waals surface area contributed by atoms with Crippen LogP contribution in [0.5, 0.6) is 5.75 Å². The van der Waals surface area contributed by atoms with Gasteiger partial charge in [0.1, 0.15) is 18.6 Å². The lowest BCUT2D eigenvalue weighted by Crippen LogP contribution is -1.94. The molecule has 1 radical (unpaired) electrons. The summed E-state index contributed by atoms with van der Waals surface area (Å²) >= 11 is 0. The summed E-state index contributed by atoms with van der Waals surface area (Å²) in [5, 5.41) is 7.70. The second kappa shape index (κ2) is 4.29. The third kappa shape index (κ3) is 2.13. The highest BCUT2D eigenvalue weighted by molar-refractivity contribution is 5.78. The molecular formula is C14H11N2O. The molecule has 3 aromatic rings. The standard InChI is InChI=1S/C14H11N2O/c1-2-4-11(5-3-1)10-17-13-7-6-12-9-15-16-14(12)8-13/h1-8H,10H2,(H,15,16). The van der Waals surface area contributed by atoms with Crippen LogP contribution in [0, 0.1) is 6.20 Å². The van der Waals surface area contributed by atoms with Gasteiger partial charge in [0.2, 0.25) is 0 Å². The largest absolute Gasteiger partial charge is 0.489 e. The first kappa shape index (κ1) is 9.90. The number of nitrogens with zero attached hydrogens (tertiary/aromatic N) is 1. The molecule has 0 atom stereocenters. The van der Waals surface area contributed by atoms with Crippen molar-refractivity contribution in [3.05, 3.63) is 60.3 Å². The van der Waals surface area contributed by atoms with Crippen LogP contribution in [0.25, 0.3) is 10.9 Å². The molecule has 0 amide bonds. The lowest BCUT2D eigenvalue weighted by atomic mass is 10.2. The summed E-state index contributed by atoms with van der Waals surface area (Å²) in [6, 6.07) is 15.9. The molecule has 1 N–H and O–H groups in total. The van der Waals surface area contributed by atoms with Gasteiger partial charge in [-0.1, -0.05) is 30.3 Å². The van der Waals surface area contributed by atoms with E-state index in [9.17, 15) is 0 Å². The molecule has 0 saturated carbocycles. The molecule has 17 heavy (non-hydrogen) atoms. The van der Waals surface area contributed by atoms with E-state index in [0.29, 0.717) is 6.61 Å². The minimum Gasteiger partial charge on any atom is -0.489 e. The van der Waals surface area contributed by atoms with Crippen LogP contribution in [-0.2, 0) is 6.61 Å². The zero-order chi connectivity index (χ0) is 11.5. The molecule has 1 aromatic heterocycles. The van der Waals surface area contributed by atoms with Gasteiger partial charge in [0, 0.05) is 11.5 Å². The van der Waals surface area contributed by atoms with Gasteiger partial charge in [-0.3, -0.25) is 5.10 Å². The summed E-state index contributed by atoms with van der Waals surface area (Å²) in [7, 11) is 0. The molecule has 0 aliphatic rings. The van der Waals surface area contributed by atoms with Gasteiger partial charge in [-0.2, -0.15) is 5.10 Å². The van der Waals surface area contributed by atoms with Gasteiger partial charge in [0.15, 0.2) is 0 Å². The third-order valence-electron chi connectivity index (χ3n) is 2.59. The Balaban J connectivity index is 1.76. The lowest BCUT2D eigenvalue weighted by Gasteiger charge is -2.05. The number of rotatable bonds is 3. The smallest absolute Gasteiger partial charge is 0.121 e. The number of nitrogens with one attached hydrogen (secondary N) is 1. The van der Waals surface area contributed by atoms with E-state index in [1.54, 1.807) is 0 Å². The lowest BCUT2D eigenvalue weighted by molar-refractivity contribution is 0.306. The molecule has 0 bridgehead atoms. The highest BCUT2D eigenvalue weighted by atomic mass is 16.5. The first-order valence-corrected chi connectivity index (χ1v) is 5.44. The van der Waals surface area contributed by atoms with Crippen molar-refractivity contribution in [1.82, 2.24) is 10.2 Å². The Morgan fingerprint density at radius 3 is 2.88 bits per heavy atom. The zero-order valence-corrected chi connectivity index (χ0v) is 9.18. The Bertz CT molecular complexity index is 616. The number of H-pyrrole nitrogens is 1. The molecule has 0 fully saturated rings. The van der Waals surface area contributed by atoms with Crippen molar-refractivity contribution in [3.63, 3.8) is 0 Å². The van der Waals surface area contributed by atoms with Gasteiger partial charge < -0.3 is 4.74 Å². The summed E-state index contributed by atoms with van der Waals surface area (Å²) in [6.45, 7) is 0.574. The summed E-state index contributed by atoms with van der Waals surface area (Å²) in [5.41, 5.74) is 2.10. The molecule has 3 nitrogen and oxygen atoms in total. The van der Waals surface area contributed by atoms with E-state index < -0.39 is 0 Å². The Labute approximate surface area is 99.0 Å². The van der Waals surface area contributed by atoms with Crippen molar-refractivity contribution in [3.8, 4) is 5.75 Å². The monoisotopic (exact) mass is 223 g/mol. The quantitative estimate of drug-likeness (QED) is 0.741. The van der Waals surface area contributed by atoms with Crippen LogP contribution >= 0.6 is 0 Å². The SMILES string of the molecule is [c]1n[nH]c2cc(OCc3ccccc3)ccc12. The van der Waals surface area contributed by atoms with E-state index in [2.05, 4.69) is 16.4 Å². The van der Waals surface area contributed by atoms with Crippen molar-refractivity contribution >= 4 is 10.9 Å². The fourth-order valence-electron chi connectivity index (χ4n) is 1.69. The van der Waals surface area contributed by atoms with Crippen molar-refractivity contribution in [2.24, 2.45) is 0 Å². The number of fused-ring (bicyclic) bond motifs is 1. The maximum Gasteiger partial charge on any atom is 0.121 e. The normalized spacial score (nSPS) is 10.6. The summed E-state index contributed by atoms with van der Waals surface area (Å²) < 4.78 is 5.71. The van der Waals surface area contributed by atoms with Crippen molar-refractivity contribution in [1.29, 1.82) is 0 Å².